The van der Waals surface area contributed by atoms with Crippen molar-refractivity contribution in [2.75, 3.05) is 0 Å². The molecule has 4 heterocycles. The highest BCUT2D eigenvalue weighted by Crippen LogP contribution is 2.38. The monoisotopic (exact) mass is 304 g/mol. The molecule has 0 unspecified atom stereocenters. The second-order valence-electron chi connectivity index (χ2n) is 6.16. The predicted molar refractivity (Wildman–Crippen MR) is 87.3 cm³/mol. The Labute approximate surface area is 132 Å². The van der Waals surface area contributed by atoms with Gasteiger partial charge in [-0.25, -0.2) is 19.5 Å². The van der Waals surface area contributed by atoms with Crippen LogP contribution in [0.3, 0.4) is 0 Å². The number of pyridine rings is 1. The third kappa shape index (κ3) is 1.87. The van der Waals surface area contributed by atoms with Crippen LogP contribution in [0.4, 0.5) is 0 Å². The molecular weight excluding hydrogens is 288 g/mol. The molecule has 0 atom stereocenters. The summed E-state index contributed by atoms with van der Waals surface area (Å²) in [4.78, 5) is 13.9. The van der Waals surface area contributed by atoms with Crippen molar-refractivity contribution in [2.45, 2.75) is 32.7 Å². The zero-order valence-corrected chi connectivity index (χ0v) is 13.1. The maximum atomic E-state index is 4.90. The van der Waals surface area contributed by atoms with Crippen molar-refractivity contribution in [2.24, 2.45) is 0 Å². The third-order valence-corrected chi connectivity index (χ3v) is 4.43. The van der Waals surface area contributed by atoms with Crippen molar-refractivity contribution < 1.29 is 0 Å². The molecule has 0 radical (unpaired) electrons. The molecule has 0 spiro atoms. The molecule has 6 nitrogen and oxygen atoms in total. The number of hydrogen-bond acceptors (Lipinski definition) is 4. The zero-order valence-electron chi connectivity index (χ0n) is 13.1. The highest BCUT2D eigenvalue weighted by molar-refractivity contribution is 5.82. The summed E-state index contributed by atoms with van der Waals surface area (Å²) in [6, 6.07) is 6.70. The van der Waals surface area contributed by atoms with Gasteiger partial charge in [-0.1, -0.05) is 0 Å². The lowest BCUT2D eigenvalue weighted by Crippen LogP contribution is -1.99. The first-order chi connectivity index (χ1) is 11.2. The fourth-order valence-electron chi connectivity index (χ4n) is 3.21. The molecule has 4 aromatic heterocycles. The Bertz CT molecular complexity index is 1050. The molecule has 5 rings (SSSR count). The molecule has 0 bridgehead atoms. The third-order valence-electron chi connectivity index (χ3n) is 4.43. The van der Waals surface area contributed by atoms with E-state index in [1.165, 1.54) is 12.8 Å². The molecule has 0 amide bonds. The Morgan fingerprint density at radius 3 is 2.78 bits per heavy atom. The molecule has 0 aliphatic heterocycles. The van der Waals surface area contributed by atoms with Gasteiger partial charge in [0.05, 0.1) is 17.4 Å². The second-order valence-corrected chi connectivity index (χ2v) is 6.16. The van der Waals surface area contributed by atoms with Gasteiger partial charge in [-0.3, -0.25) is 0 Å². The first kappa shape index (κ1) is 12.8. The minimum atomic E-state index is 0.569. The Hall–Kier alpha value is -2.76. The zero-order chi connectivity index (χ0) is 15.6. The second kappa shape index (κ2) is 4.38. The van der Waals surface area contributed by atoms with Crippen LogP contribution in [-0.2, 0) is 0 Å². The SMILES string of the molecule is Cc1ncc2c(-c3ccc4nc(C)n(C5CC5)c4n3)ccn2n1. The van der Waals surface area contributed by atoms with Gasteiger partial charge < -0.3 is 4.57 Å². The average Bonchev–Trinajstić information content (AvgIpc) is 3.19. The number of imidazole rings is 1. The van der Waals surface area contributed by atoms with Gasteiger partial charge >= 0.3 is 0 Å². The molecule has 6 heteroatoms. The number of aryl methyl sites for hydroxylation is 2. The van der Waals surface area contributed by atoms with E-state index in [9.17, 15) is 0 Å². The lowest BCUT2D eigenvalue weighted by Gasteiger charge is -2.05. The van der Waals surface area contributed by atoms with E-state index in [2.05, 4.69) is 32.6 Å². The number of nitrogens with zero attached hydrogens (tertiary/aromatic N) is 6. The summed E-state index contributed by atoms with van der Waals surface area (Å²) in [6.07, 6.45) is 6.25. The Morgan fingerprint density at radius 2 is 1.96 bits per heavy atom. The largest absolute Gasteiger partial charge is 0.310 e. The molecule has 1 aliphatic rings. The molecule has 1 saturated carbocycles. The van der Waals surface area contributed by atoms with Gasteiger partial charge in [0.2, 0.25) is 0 Å². The molecule has 4 aromatic rings. The molecule has 1 aliphatic carbocycles. The van der Waals surface area contributed by atoms with E-state index >= 15 is 0 Å². The van der Waals surface area contributed by atoms with Crippen LogP contribution in [0.15, 0.2) is 30.6 Å². The van der Waals surface area contributed by atoms with E-state index in [0.29, 0.717) is 6.04 Å². The lowest BCUT2D eigenvalue weighted by atomic mass is 10.2. The van der Waals surface area contributed by atoms with Gasteiger partial charge in [0.1, 0.15) is 17.2 Å². The predicted octanol–water partition coefficient (Wildman–Crippen LogP) is 3.09. The van der Waals surface area contributed by atoms with E-state index in [-0.39, 0.29) is 0 Å². The number of rotatable bonds is 2. The summed E-state index contributed by atoms with van der Waals surface area (Å²) in [7, 11) is 0. The van der Waals surface area contributed by atoms with Gasteiger partial charge in [0.25, 0.3) is 0 Å². The highest BCUT2D eigenvalue weighted by Gasteiger charge is 2.27. The van der Waals surface area contributed by atoms with Crippen LogP contribution in [0, 0.1) is 13.8 Å². The summed E-state index contributed by atoms with van der Waals surface area (Å²) in [5, 5.41) is 4.40. The summed E-state index contributed by atoms with van der Waals surface area (Å²) in [5.41, 5.74) is 4.91. The van der Waals surface area contributed by atoms with E-state index in [4.69, 9.17) is 4.98 Å². The minimum absolute atomic E-state index is 0.569. The maximum absolute atomic E-state index is 4.90. The van der Waals surface area contributed by atoms with Gasteiger partial charge in [0.15, 0.2) is 5.65 Å². The van der Waals surface area contributed by atoms with E-state index in [0.717, 1.165) is 39.6 Å². The van der Waals surface area contributed by atoms with Crippen molar-refractivity contribution in [3.63, 3.8) is 0 Å². The summed E-state index contributed by atoms with van der Waals surface area (Å²) < 4.78 is 4.13. The molecular formula is C17H16N6. The lowest BCUT2D eigenvalue weighted by molar-refractivity contribution is 0.727. The van der Waals surface area contributed by atoms with Gasteiger partial charge in [-0.15, -0.1) is 0 Å². The van der Waals surface area contributed by atoms with Crippen molar-refractivity contribution in [1.82, 2.24) is 29.1 Å². The average molecular weight is 304 g/mol. The van der Waals surface area contributed by atoms with Crippen LogP contribution in [0.1, 0.15) is 30.5 Å². The Balaban J connectivity index is 1.74. The summed E-state index contributed by atoms with van der Waals surface area (Å²) in [5.74, 6) is 1.80. The van der Waals surface area contributed by atoms with E-state index in [1.807, 2.05) is 36.0 Å². The van der Waals surface area contributed by atoms with Crippen LogP contribution in [-0.4, -0.2) is 29.1 Å². The first-order valence-electron chi connectivity index (χ1n) is 7.87. The van der Waals surface area contributed by atoms with Crippen LogP contribution in [0.25, 0.3) is 27.9 Å². The Morgan fingerprint density at radius 1 is 1.09 bits per heavy atom. The summed E-state index contributed by atoms with van der Waals surface area (Å²) >= 11 is 0. The number of aromatic nitrogens is 6. The van der Waals surface area contributed by atoms with Crippen LogP contribution in [0.2, 0.25) is 0 Å². The summed E-state index contributed by atoms with van der Waals surface area (Å²) in [6.45, 7) is 3.95. The molecule has 0 aromatic carbocycles. The standard InChI is InChI=1S/C17H16N6/c1-10-18-9-16-13(7-8-22(16)21-10)14-5-6-15-17(20-14)23(11(2)19-15)12-3-4-12/h5-9,12H,3-4H2,1-2H3. The first-order valence-corrected chi connectivity index (χ1v) is 7.87. The fraction of sp³-hybridized carbons (Fsp3) is 0.294. The fourth-order valence-corrected chi connectivity index (χ4v) is 3.21. The molecule has 114 valence electrons. The van der Waals surface area contributed by atoms with Crippen LogP contribution >= 0.6 is 0 Å². The molecule has 23 heavy (non-hydrogen) atoms. The number of hydrogen-bond donors (Lipinski definition) is 0. The van der Waals surface area contributed by atoms with Crippen molar-refractivity contribution in [3.8, 4) is 11.3 Å². The van der Waals surface area contributed by atoms with E-state index in [1.54, 1.807) is 0 Å². The van der Waals surface area contributed by atoms with Crippen LogP contribution < -0.4 is 0 Å². The van der Waals surface area contributed by atoms with Crippen LogP contribution in [0.5, 0.6) is 0 Å². The smallest absolute Gasteiger partial charge is 0.160 e. The van der Waals surface area contributed by atoms with Crippen molar-refractivity contribution in [3.05, 3.63) is 42.2 Å². The van der Waals surface area contributed by atoms with Gasteiger partial charge in [-0.05, 0) is 44.9 Å². The Kier molecular flexibility index (Phi) is 2.43. The number of fused-ring (bicyclic) bond motifs is 2. The van der Waals surface area contributed by atoms with E-state index < -0.39 is 0 Å². The van der Waals surface area contributed by atoms with Crippen molar-refractivity contribution in [1.29, 1.82) is 0 Å². The normalized spacial score (nSPS) is 14.9. The minimum Gasteiger partial charge on any atom is -0.310 e. The maximum Gasteiger partial charge on any atom is 0.160 e. The molecule has 0 saturated heterocycles. The van der Waals surface area contributed by atoms with Gasteiger partial charge in [0, 0.05) is 17.8 Å². The highest BCUT2D eigenvalue weighted by atomic mass is 15.2. The molecule has 1 fully saturated rings. The topological polar surface area (TPSA) is 60.9 Å². The van der Waals surface area contributed by atoms with Crippen molar-refractivity contribution >= 4 is 16.7 Å². The molecule has 0 N–H and O–H groups in total. The quantitative estimate of drug-likeness (QED) is 0.571. The van der Waals surface area contributed by atoms with Gasteiger partial charge in [-0.2, -0.15) is 5.10 Å².